The summed E-state index contributed by atoms with van der Waals surface area (Å²) in [5, 5.41) is 6.07. The van der Waals surface area contributed by atoms with Crippen molar-refractivity contribution in [1.29, 1.82) is 0 Å². The number of carbonyl (C=O) groups excluding carboxylic acids is 3. The third kappa shape index (κ3) is 3.54. The van der Waals surface area contributed by atoms with E-state index in [1.807, 2.05) is 6.07 Å². The molecule has 1 atom stereocenters. The molecule has 0 aliphatic carbocycles. The van der Waals surface area contributed by atoms with Crippen molar-refractivity contribution in [2.24, 2.45) is 0 Å². The van der Waals surface area contributed by atoms with E-state index in [9.17, 15) is 14.4 Å². The highest BCUT2D eigenvalue weighted by Gasteiger charge is 2.50. The Balaban J connectivity index is 1.62. The topological polar surface area (TPSA) is 94.6 Å². The number of anilines is 2. The molecule has 1 aromatic carbocycles. The number of nitrogens with zero attached hydrogens (tertiary/aromatic N) is 3. The number of rotatable bonds is 1. The van der Waals surface area contributed by atoms with E-state index in [1.165, 1.54) is 29.5 Å². The van der Waals surface area contributed by atoms with Crippen molar-refractivity contribution in [1.82, 2.24) is 15.2 Å². The number of thiazole rings is 1. The molecule has 152 valence electrons. The Hall–Kier alpha value is -2.36. The monoisotopic (exact) mass is 453 g/mol. The van der Waals surface area contributed by atoms with Gasteiger partial charge in [-0.15, -0.1) is 0 Å². The van der Waals surface area contributed by atoms with Gasteiger partial charge >= 0.3 is 17.8 Å². The van der Waals surface area contributed by atoms with Gasteiger partial charge in [-0.2, -0.15) is 0 Å². The number of carbonyl (C=O) groups is 3. The van der Waals surface area contributed by atoms with Crippen LogP contribution < -0.4 is 15.5 Å². The van der Waals surface area contributed by atoms with Crippen molar-refractivity contribution in [3.05, 3.63) is 39.3 Å². The molecule has 4 amide bonds. The van der Waals surface area contributed by atoms with Crippen LogP contribution >= 0.6 is 34.5 Å². The highest BCUT2D eigenvalue weighted by Crippen LogP contribution is 2.47. The van der Waals surface area contributed by atoms with E-state index in [0.29, 0.717) is 40.5 Å². The van der Waals surface area contributed by atoms with E-state index in [1.54, 1.807) is 17.0 Å². The molecule has 2 aromatic rings. The average molecular weight is 454 g/mol. The summed E-state index contributed by atoms with van der Waals surface area (Å²) in [5.74, 6) is -1.23. The van der Waals surface area contributed by atoms with E-state index in [2.05, 4.69) is 15.6 Å². The van der Waals surface area contributed by atoms with Crippen molar-refractivity contribution in [3.8, 4) is 0 Å². The second-order valence-corrected chi connectivity index (χ2v) is 9.08. The molecule has 8 nitrogen and oxygen atoms in total. The number of likely N-dealkylation sites (N-methyl/N-ethyl adjacent to an activating group) is 1. The van der Waals surface area contributed by atoms with Gasteiger partial charge in [0.2, 0.25) is 0 Å². The lowest BCUT2D eigenvalue weighted by atomic mass is 9.81. The smallest absolute Gasteiger partial charge is 0.328 e. The van der Waals surface area contributed by atoms with Gasteiger partial charge in [0.05, 0.1) is 6.20 Å². The standard InChI is InChI=1S/C18H17Cl2N5O3S/c1-21-14(26)15(27)24-5-4-18(8-24)9-25(12-3-2-10(19)6-11(12)18)17(28)23-16-22-7-13(20)29-16/h2-3,6-7H,4-5,8-9H2,1H3,(H,21,26)(H,22,23,28). The summed E-state index contributed by atoms with van der Waals surface area (Å²) < 4.78 is 0.476. The zero-order valence-corrected chi connectivity index (χ0v) is 17.7. The highest BCUT2D eigenvalue weighted by molar-refractivity contribution is 7.19. The van der Waals surface area contributed by atoms with E-state index in [4.69, 9.17) is 23.2 Å². The van der Waals surface area contributed by atoms with Crippen LogP contribution in [0.2, 0.25) is 9.36 Å². The zero-order valence-electron chi connectivity index (χ0n) is 15.4. The second kappa shape index (κ2) is 7.47. The minimum Gasteiger partial charge on any atom is -0.351 e. The van der Waals surface area contributed by atoms with E-state index in [-0.39, 0.29) is 6.03 Å². The van der Waals surface area contributed by atoms with Crippen molar-refractivity contribution in [3.63, 3.8) is 0 Å². The quantitative estimate of drug-likeness (QED) is 0.648. The van der Waals surface area contributed by atoms with E-state index in [0.717, 1.165) is 11.3 Å². The first-order valence-corrected chi connectivity index (χ1v) is 10.4. The molecule has 29 heavy (non-hydrogen) atoms. The molecule has 4 rings (SSSR count). The van der Waals surface area contributed by atoms with Gasteiger partial charge < -0.3 is 10.2 Å². The lowest BCUT2D eigenvalue weighted by Crippen LogP contribution is -2.44. The van der Waals surface area contributed by atoms with Gasteiger partial charge in [0.15, 0.2) is 5.13 Å². The molecule has 1 saturated heterocycles. The molecular formula is C18H17Cl2N5O3S. The molecule has 0 saturated carbocycles. The maximum atomic E-state index is 12.9. The predicted octanol–water partition coefficient (Wildman–Crippen LogP) is 2.72. The number of urea groups is 1. The molecule has 2 aliphatic heterocycles. The van der Waals surface area contributed by atoms with Gasteiger partial charge in [-0.3, -0.25) is 19.8 Å². The summed E-state index contributed by atoms with van der Waals surface area (Å²) in [7, 11) is 1.42. The number of benzene rings is 1. The fourth-order valence-corrected chi connectivity index (χ4v) is 4.91. The number of hydrogen-bond donors (Lipinski definition) is 2. The molecule has 11 heteroatoms. The number of hydrogen-bond acceptors (Lipinski definition) is 5. The number of aromatic nitrogens is 1. The summed E-state index contributed by atoms with van der Waals surface area (Å²) in [5.41, 5.74) is 1.13. The van der Waals surface area contributed by atoms with Crippen LogP contribution in [0.4, 0.5) is 15.6 Å². The molecule has 0 bridgehead atoms. The fourth-order valence-electron chi connectivity index (χ4n) is 3.94. The highest BCUT2D eigenvalue weighted by atomic mass is 35.5. The number of nitrogens with one attached hydrogen (secondary N) is 2. The van der Waals surface area contributed by atoms with Crippen molar-refractivity contribution in [2.75, 3.05) is 36.9 Å². The van der Waals surface area contributed by atoms with Gasteiger partial charge in [0.1, 0.15) is 4.34 Å². The zero-order chi connectivity index (χ0) is 20.8. The molecule has 2 N–H and O–H groups in total. The number of halogens is 2. The van der Waals surface area contributed by atoms with Crippen LogP contribution in [0.15, 0.2) is 24.4 Å². The van der Waals surface area contributed by atoms with Crippen molar-refractivity contribution < 1.29 is 14.4 Å². The molecular weight excluding hydrogens is 437 g/mol. The fraction of sp³-hybridized carbons (Fsp3) is 0.333. The Morgan fingerprint density at radius 3 is 2.72 bits per heavy atom. The van der Waals surface area contributed by atoms with E-state index >= 15 is 0 Å². The lowest BCUT2D eigenvalue weighted by molar-refractivity contribution is -0.145. The molecule has 0 radical (unpaired) electrons. The minimum atomic E-state index is -0.651. The van der Waals surface area contributed by atoms with Crippen LogP contribution in [0.25, 0.3) is 0 Å². The molecule has 1 unspecified atom stereocenters. The van der Waals surface area contributed by atoms with Crippen LogP contribution in [0.5, 0.6) is 0 Å². The lowest BCUT2D eigenvalue weighted by Gasteiger charge is -2.25. The summed E-state index contributed by atoms with van der Waals surface area (Å²) in [6.07, 6.45) is 2.09. The number of fused-ring (bicyclic) bond motifs is 2. The van der Waals surface area contributed by atoms with E-state index < -0.39 is 17.2 Å². The Bertz CT molecular complexity index is 1010. The van der Waals surface area contributed by atoms with Crippen molar-refractivity contribution in [2.45, 2.75) is 11.8 Å². The minimum absolute atomic E-state index is 0.333. The summed E-state index contributed by atoms with van der Waals surface area (Å²) in [4.78, 5) is 44.2. The van der Waals surface area contributed by atoms with Gasteiger partial charge in [-0.25, -0.2) is 9.78 Å². The average Bonchev–Trinajstić information content (AvgIpc) is 3.39. The van der Waals surface area contributed by atoms with Crippen LogP contribution in [0, 0.1) is 0 Å². The second-order valence-electron chi connectivity index (χ2n) is 6.98. The third-order valence-electron chi connectivity index (χ3n) is 5.28. The summed E-state index contributed by atoms with van der Waals surface area (Å²) in [6.45, 7) is 1.13. The van der Waals surface area contributed by atoms with Crippen molar-refractivity contribution >= 4 is 63.2 Å². The van der Waals surface area contributed by atoms with Crippen LogP contribution in [0.3, 0.4) is 0 Å². The van der Waals surface area contributed by atoms with Crippen LogP contribution in [-0.4, -0.2) is 54.4 Å². The first kappa shape index (κ1) is 19.9. The predicted molar refractivity (Wildman–Crippen MR) is 112 cm³/mol. The van der Waals surface area contributed by atoms with Gasteiger partial charge in [-0.05, 0) is 30.2 Å². The molecule has 2 aliphatic rings. The van der Waals surface area contributed by atoms with Crippen LogP contribution in [0.1, 0.15) is 12.0 Å². The maximum absolute atomic E-state index is 12.9. The summed E-state index contributed by atoms with van der Waals surface area (Å²) >= 11 is 13.3. The van der Waals surface area contributed by atoms with Crippen LogP contribution in [-0.2, 0) is 15.0 Å². The first-order valence-electron chi connectivity index (χ1n) is 8.84. The first-order chi connectivity index (χ1) is 13.8. The number of amides is 4. The SMILES string of the molecule is CNC(=O)C(=O)N1CCC2(C1)CN(C(=O)Nc1ncc(Cl)s1)c1ccc(Cl)cc12. The van der Waals surface area contributed by atoms with Gasteiger partial charge in [-0.1, -0.05) is 34.5 Å². The molecule has 1 spiro atoms. The Morgan fingerprint density at radius 2 is 2.03 bits per heavy atom. The largest absolute Gasteiger partial charge is 0.351 e. The Kier molecular flexibility index (Phi) is 5.14. The Morgan fingerprint density at radius 1 is 1.24 bits per heavy atom. The normalized spacial score (nSPS) is 20.1. The van der Waals surface area contributed by atoms with Gasteiger partial charge in [0.25, 0.3) is 0 Å². The number of likely N-dealkylation sites (tertiary alicyclic amines) is 1. The maximum Gasteiger partial charge on any atom is 0.328 e. The molecule has 1 fully saturated rings. The Labute approximate surface area is 180 Å². The molecule has 1 aromatic heterocycles. The third-order valence-corrected chi connectivity index (χ3v) is 6.55. The molecule has 3 heterocycles. The van der Waals surface area contributed by atoms with Gasteiger partial charge in [0, 0.05) is 42.8 Å². The summed E-state index contributed by atoms with van der Waals surface area (Å²) in [6, 6.07) is 5.01.